The Morgan fingerprint density at radius 1 is 1.46 bits per heavy atom. The average molecular weight is 328 g/mol. The van der Waals surface area contributed by atoms with Gasteiger partial charge >= 0.3 is 0 Å². The second-order valence-electron chi connectivity index (χ2n) is 5.32. The summed E-state index contributed by atoms with van der Waals surface area (Å²) in [5.74, 6) is 1.06. The summed E-state index contributed by atoms with van der Waals surface area (Å²) in [6.07, 6.45) is 2.38. The Kier molecular flexibility index (Phi) is 4.64. The van der Waals surface area contributed by atoms with Gasteiger partial charge in [0.25, 0.3) is 5.91 Å². The topological polar surface area (TPSA) is 114 Å². The van der Waals surface area contributed by atoms with Gasteiger partial charge in [0, 0.05) is 25.0 Å². The number of ether oxygens (including phenoxy) is 1. The lowest BCUT2D eigenvalue weighted by Crippen LogP contribution is -2.16. The van der Waals surface area contributed by atoms with Crippen LogP contribution in [0.3, 0.4) is 0 Å². The fourth-order valence-electron chi connectivity index (χ4n) is 2.40. The molecule has 0 unspecified atom stereocenters. The van der Waals surface area contributed by atoms with Crippen LogP contribution in [0.2, 0.25) is 0 Å². The Balaban J connectivity index is 1.84. The molecular weight excluding hydrogens is 308 g/mol. The number of fused-ring (bicyclic) bond motifs is 1. The largest absolute Gasteiger partial charge is 0.491 e. The maximum Gasteiger partial charge on any atom is 0.254 e. The highest BCUT2D eigenvalue weighted by atomic mass is 16.5. The van der Waals surface area contributed by atoms with Gasteiger partial charge in [0.1, 0.15) is 11.6 Å². The molecule has 0 radical (unpaired) electrons. The summed E-state index contributed by atoms with van der Waals surface area (Å²) in [6.45, 7) is 4.11. The van der Waals surface area contributed by atoms with Crippen molar-refractivity contribution in [1.29, 1.82) is 0 Å². The van der Waals surface area contributed by atoms with Gasteiger partial charge in [-0.3, -0.25) is 4.79 Å². The number of anilines is 4. The lowest BCUT2D eigenvalue weighted by atomic mass is 10.2. The highest BCUT2D eigenvalue weighted by Gasteiger charge is 2.13. The van der Waals surface area contributed by atoms with Gasteiger partial charge in [-0.1, -0.05) is 0 Å². The zero-order valence-electron chi connectivity index (χ0n) is 13.4. The van der Waals surface area contributed by atoms with Gasteiger partial charge in [-0.25, -0.2) is 4.98 Å². The second-order valence-corrected chi connectivity index (χ2v) is 5.32. The molecule has 2 aromatic rings. The molecule has 1 amide bonds. The van der Waals surface area contributed by atoms with E-state index in [-0.39, 0.29) is 5.56 Å². The van der Waals surface area contributed by atoms with Crippen molar-refractivity contribution in [1.82, 2.24) is 9.97 Å². The lowest BCUT2D eigenvalue weighted by Gasteiger charge is -2.12. The Bertz CT molecular complexity index is 749. The Labute approximate surface area is 139 Å². The minimum absolute atomic E-state index is 0.263. The molecule has 1 aliphatic heterocycles. The zero-order chi connectivity index (χ0) is 16.9. The normalized spacial score (nSPS) is 13.0. The van der Waals surface area contributed by atoms with Crippen LogP contribution >= 0.6 is 0 Å². The summed E-state index contributed by atoms with van der Waals surface area (Å²) in [5.41, 5.74) is 7.35. The van der Waals surface area contributed by atoms with Crippen molar-refractivity contribution in [2.24, 2.45) is 5.73 Å². The molecular formula is C16H20N6O2. The third kappa shape index (κ3) is 3.48. The van der Waals surface area contributed by atoms with Gasteiger partial charge in [-0.05, 0) is 31.5 Å². The lowest BCUT2D eigenvalue weighted by molar-refractivity contribution is 0.100. The molecule has 8 nitrogen and oxygen atoms in total. The van der Waals surface area contributed by atoms with Gasteiger partial charge in [0.2, 0.25) is 5.95 Å². The first-order valence-electron chi connectivity index (χ1n) is 7.86. The fourth-order valence-corrected chi connectivity index (χ4v) is 2.40. The van der Waals surface area contributed by atoms with Crippen LogP contribution in [0.1, 0.15) is 23.7 Å². The van der Waals surface area contributed by atoms with Crippen molar-refractivity contribution in [2.45, 2.75) is 13.3 Å². The van der Waals surface area contributed by atoms with Gasteiger partial charge < -0.3 is 26.4 Å². The van der Waals surface area contributed by atoms with Gasteiger partial charge in [0.05, 0.1) is 17.9 Å². The monoisotopic (exact) mass is 328 g/mol. The van der Waals surface area contributed by atoms with E-state index in [1.54, 1.807) is 0 Å². The quantitative estimate of drug-likeness (QED) is 0.663. The number of hydrogen-bond donors (Lipinski definition) is 4. The maximum atomic E-state index is 11.4. The van der Waals surface area contributed by atoms with E-state index in [9.17, 15) is 4.79 Å². The van der Waals surface area contributed by atoms with Gasteiger partial charge in [-0.2, -0.15) is 4.98 Å². The molecule has 0 saturated heterocycles. The summed E-state index contributed by atoms with van der Waals surface area (Å²) in [7, 11) is 0. The maximum absolute atomic E-state index is 11.4. The Morgan fingerprint density at radius 2 is 2.33 bits per heavy atom. The molecule has 0 fully saturated rings. The number of amides is 1. The highest BCUT2D eigenvalue weighted by Crippen LogP contribution is 2.30. The van der Waals surface area contributed by atoms with Crippen LogP contribution in [-0.4, -0.2) is 35.6 Å². The Morgan fingerprint density at radius 3 is 3.12 bits per heavy atom. The summed E-state index contributed by atoms with van der Waals surface area (Å²) in [4.78, 5) is 19.9. The van der Waals surface area contributed by atoms with Crippen LogP contribution in [0.15, 0.2) is 24.4 Å². The first-order valence-corrected chi connectivity index (χ1v) is 7.86. The molecule has 5 N–H and O–H groups in total. The molecule has 0 aliphatic carbocycles. The standard InChI is InChI=1S/C16H20N6O2/c1-2-18-15-11(14(17)23)9-20-16(22-15)21-10-4-5-13-12(8-10)19-6-3-7-24-13/h4-5,8-9,19H,2-3,6-7H2,1H3,(H2,17,23)(H2,18,20,21,22). The second kappa shape index (κ2) is 7.03. The number of aromatic nitrogens is 2. The van der Waals surface area contributed by atoms with Crippen molar-refractivity contribution >= 4 is 29.0 Å². The molecule has 126 valence electrons. The van der Waals surface area contributed by atoms with Crippen LogP contribution in [0.4, 0.5) is 23.1 Å². The van der Waals surface area contributed by atoms with E-state index in [4.69, 9.17) is 10.5 Å². The number of nitrogens with one attached hydrogen (secondary N) is 3. The fraction of sp³-hybridized carbons (Fsp3) is 0.312. The molecule has 24 heavy (non-hydrogen) atoms. The molecule has 0 atom stereocenters. The molecule has 0 bridgehead atoms. The number of rotatable bonds is 5. The van der Waals surface area contributed by atoms with Crippen LogP contribution in [0, 0.1) is 0 Å². The predicted molar refractivity (Wildman–Crippen MR) is 93.0 cm³/mol. The van der Waals surface area contributed by atoms with E-state index < -0.39 is 5.91 Å². The smallest absolute Gasteiger partial charge is 0.254 e. The number of carbonyl (C=O) groups excluding carboxylic acids is 1. The minimum Gasteiger partial charge on any atom is -0.491 e. The van der Waals surface area contributed by atoms with Crippen molar-refractivity contribution in [3.05, 3.63) is 30.0 Å². The minimum atomic E-state index is -0.566. The molecule has 1 aliphatic rings. The molecule has 1 aromatic carbocycles. The summed E-state index contributed by atoms with van der Waals surface area (Å²) in [5, 5.41) is 9.47. The predicted octanol–water partition coefficient (Wildman–Crippen LogP) is 1.95. The van der Waals surface area contributed by atoms with E-state index in [0.717, 1.165) is 30.1 Å². The van der Waals surface area contributed by atoms with E-state index in [2.05, 4.69) is 25.9 Å². The number of hydrogen-bond acceptors (Lipinski definition) is 7. The molecule has 8 heteroatoms. The van der Waals surface area contributed by atoms with Crippen molar-refractivity contribution < 1.29 is 9.53 Å². The van der Waals surface area contributed by atoms with E-state index in [0.29, 0.717) is 24.9 Å². The molecule has 0 spiro atoms. The SMILES string of the molecule is CCNc1nc(Nc2ccc3c(c2)NCCCO3)ncc1C(N)=O. The molecule has 2 heterocycles. The first kappa shape index (κ1) is 15.9. The van der Waals surface area contributed by atoms with Crippen molar-refractivity contribution in [3.8, 4) is 5.75 Å². The molecule has 1 aromatic heterocycles. The van der Waals surface area contributed by atoms with Crippen LogP contribution < -0.4 is 26.4 Å². The number of carbonyl (C=O) groups is 1. The summed E-state index contributed by atoms with van der Waals surface area (Å²) >= 11 is 0. The van der Waals surface area contributed by atoms with Gasteiger partial charge in [-0.15, -0.1) is 0 Å². The number of nitrogens with two attached hydrogens (primary N) is 1. The first-order chi connectivity index (χ1) is 11.7. The molecule has 0 saturated carbocycles. The van der Waals surface area contributed by atoms with Crippen LogP contribution in [0.5, 0.6) is 5.75 Å². The highest BCUT2D eigenvalue weighted by molar-refractivity contribution is 5.97. The third-order valence-electron chi connectivity index (χ3n) is 3.53. The van der Waals surface area contributed by atoms with Crippen LogP contribution in [0.25, 0.3) is 0 Å². The molecule has 3 rings (SSSR count). The van der Waals surface area contributed by atoms with Crippen molar-refractivity contribution in [3.63, 3.8) is 0 Å². The zero-order valence-corrected chi connectivity index (χ0v) is 13.4. The van der Waals surface area contributed by atoms with Crippen LogP contribution in [-0.2, 0) is 0 Å². The summed E-state index contributed by atoms with van der Waals surface area (Å²) < 4.78 is 5.66. The summed E-state index contributed by atoms with van der Waals surface area (Å²) in [6, 6.07) is 5.74. The van der Waals surface area contributed by atoms with E-state index in [1.165, 1.54) is 6.20 Å². The Hall–Kier alpha value is -3.03. The van der Waals surface area contributed by atoms with E-state index >= 15 is 0 Å². The number of benzene rings is 1. The average Bonchev–Trinajstić information content (AvgIpc) is 2.80. The number of nitrogens with zero attached hydrogens (tertiary/aromatic N) is 2. The van der Waals surface area contributed by atoms with E-state index in [1.807, 2.05) is 25.1 Å². The van der Waals surface area contributed by atoms with Crippen molar-refractivity contribution in [2.75, 3.05) is 35.6 Å². The third-order valence-corrected chi connectivity index (χ3v) is 3.53. The number of primary amides is 1. The van der Waals surface area contributed by atoms with Gasteiger partial charge in [0.15, 0.2) is 0 Å².